The van der Waals surface area contributed by atoms with Crippen LogP contribution in [0, 0.1) is 50.0 Å². The molecular weight excluding hydrogens is 783 g/mol. The SMILES string of the molecule is [C-]#[N+]/C(=C1\N=c2nc(C)c(C(F)(F)F)nc2=N1)c1nc(C(C#N)=C2N=c3nc(C)c(C)nc3=N2)nc(C(C#N)=C2N=c3nc(C(F)(F)F)c(C(F)(F)F)nc3=N2)n1. The minimum absolute atomic E-state index is 0.0215. The van der Waals surface area contributed by atoms with Crippen LogP contribution in [0.4, 0.5) is 39.5 Å². The van der Waals surface area contributed by atoms with Crippen molar-refractivity contribution in [3.05, 3.63) is 113 Å². The van der Waals surface area contributed by atoms with Crippen LogP contribution in [0.15, 0.2) is 47.4 Å². The van der Waals surface area contributed by atoms with E-state index in [9.17, 15) is 50.0 Å². The van der Waals surface area contributed by atoms with Crippen molar-refractivity contribution in [2.24, 2.45) is 30.0 Å². The van der Waals surface area contributed by atoms with E-state index in [0.717, 1.165) is 6.92 Å². The Morgan fingerprint density at radius 3 is 1.12 bits per heavy atom. The van der Waals surface area contributed by atoms with Crippen LogP contribution in [0.25, 0.3) is 21.7 Å². The number of hydrogen-bond acceptors (Lipinski definition) is 17. The maximum absolute atomic E-state index is 13.6. The molecule has 27 heteroatoms. The van der Waals surface area contributed by atoms with Gasteiger partial charge in [-0.05, 0) is 20.8 Å². The summed E-state index contributed by atoms with van der Waals surface area (Å²) in [6.45, 7) is 12.1. The highest BCUT2D eigenvalue weighted by Crippen LogP contribution is 2.37. The highest BCUT2D eigenvalue weighted by Gasteiger charge is 2.47. The van der Waals surface area contributed by atoms with Gasteiger partial charge in [0.15, 0.2) is 74.0 Å². The summed E-state index contributed by atoms with van der Waals surface area (Å²) in [5.74, 6) is -4.22. The molecule has 0 spiro atoms. The standard InChI is InChI=1S/C30H9F9N18/c1-7-8(2)44-23-22(43-7)52-18(53-23)10(5-40)16-49-17(11(6-41)19-54-26-27(55-19)48-15(30(37,38)39)14(47-26)29(34,35)36)51-20(50-16)12(42-4)21-56-24-25(57-21)46-13(9(3)45-24)28(31,32)33/h1-3H3/b21-12+. The molecule has 0 saturated heterocycles. The Bertz CT molecular complexity index is 3060. The Kier molecular flexibility index (Phi) is 8.45. The molecule has 0 unspecified atom stereocenters. The van der Waals surface area contributed by atoms with Crippen LogP contribution in [-0.2, 0) is 18.5 Å². The third kappa shape index (κ3) is 6.64. The van der Waals surface area contributed by atoms with Gasteiger partial charge in [-0.25, -0.2) is 79.7 Å². The lowest BCUT2D eigenvalue weighted by Gasteiger charge is -2.11. The van der Waals surface area contributed by atoms with Gasteiger partial charge in [0.2, 0.25) is 11.0 Å². The van der Waals surface area contributed by atoms with Gasteiger partial charge in [0.25, 0.3) is 5.70 Å². The van der Waals surface area contributed by atoms with E-state index < -0.39 is 109 Å². The summed E-state index contributed by atoms with van der Waals surface area (Å²) in [4.78, 5) is 60.6. The molecule has 18 nitrogen and oxygen atoms in total. The number of rotatable bonds is 3. The Balaban J connectivity index is 1.50. The fourth-order valence-corrected chi connectivity index (χ4v) is 4.92. The molecule has 0 fully saturated rings. The second kappa shape index (κ2) is 12.9. The van der Waals surface area contributed by atoms with E-state index in [1.54, 1.807) is 26.0 Å². The Labute approximate surface area is 306 Å². The molecule has 0 saturated carbocycles. The minimum atomic E-state index is -5.65. The molecule has 0 aromatic carbocycles. The van der Waals surface area contributed by atoms with E-state index in [4.69, 9.17) is 6.57 Å². The zero-order valence-electron chi connectivity index (χ0n) is 28.0. The van der Waals surface area contributed by atoms with Gasteiger partial charge in [-0.2, -0.15) is 50.0 Å². The molecule has 0 amide bonds. The van der Waals surface area contributed by atoms with Gasteiger partial charge in [-0.1, -0.05) is 0 Å². The summed E-state index contributed by atoms with van der Waals surface area (Å²) < 4.78 is 122. The zero-order valence-corrected chi connectivity index (χ0v) is 28.0. The molecule has 4 aromatic heterocycles. The number of aromatic nitrogens is 9. The largest absolute Gasteiger partial charge is 0.435 e. The molecule has 282 valence electrons. The lowest BCUT2D eigenvalue weighted by molar-refractivity contribution is -0.167. The first-order valence-corrected chi connectivity index (χ1v) is 15.1. The van der Waals surface area contributed by atoms with E-state index in [1.807, 2.05) is 0 Å². The molecule has 3 aliphatic rings. The van der Waals surface area contributed by atoms with E-state index in [0.29, 0.717) is 11.4 Å². The average Bonchev–Trinajstić information content (AvgIpc) is 3.83. The van der Waals surface area contributed by atoms with Crippen LogP contribution in [-0.4, -0.2) is 44.9 Å². The first-order chi connectivity index (χ1) is 26.7. The summed E-state index contributed by atoms with van der Waals surface area (Å²) in [7, 11) is 0. The van der Waals surface area contributed by atoms with E-state index in [-0.39, 0.29) is 16.8 Å². The molecule has 0 atom stereocenters. The number of nitriles is 2. The van der Waals surface area contributed by atoms with Gasteiger partial charge in [0.05, 0.1) is 23.7 Å². The van der Waals surface area contributed by atoms with Crippen LogP contribution >= 0.6 is 0 Å². The molecule has 3 aliphatic heterocycles. The van der Waals surface area contributed by atoms with Crippen molar-refractivity contribution in [2.45, 2.75) is 39.3 Å². The molecule has 0 aliphatic carbocycles. The van der Waals surface area contributed by atoms with Gasteiger partial charge in [0, 0.05) is 0 Å². The lowest BCUT2D eigenvalue weighted by atomic mass is 10.2. The molecule has 4 aromatic rings. The number of allylic oxidation sites excluding steroid dienone is 2. The number of nitrogens with zero attached hydrogens (tertiary/aromatic N) is 18. The summed E-state index contributed by atoms with van der Waals surface area (Å²) >= 11 is 0. The second-order valence-electron chi connectivity index (χ2n) is 11.3. The predicted molar refractivity (Wildman–Crippen MR) is 161 cm³/mol. The number of alkyl halides is 9. The monoisotopic (exact) mass is 792 g/mol. The normalized spacial score (nSPS) is 14.9. The van der Waals surface area contributed by atoms with Crippen molar-refractivity contribution in [2.75, 3.05) is 0 Å². The third-order valence-corrected chi connectivity index (χ3v) is 7.53. The fraction of sp³-hybridized carbons (Fsp3) is 0.200. The van der Waals surface area contributed by atoms with Gasteiger partial charge in [-0.15, -0.1) is 0 Å². The molecule has 7 heterocycles. The molecule has 0 bridgehead atoms. The summed E-state index contributed by atoms with van der Waals surface area (Å²) in [5.41, 5.74) is -11.4. The summed E-state index contributed by atoms with van der Waals surface area (Å²) in [6, 6.07) is 3.33. The Morgan fingerprint density at radius 2 is 0.772 bits per heavy atom. The maximum Gasteiger partial charge on any atom is 0.435 e. The van der Waals surface area contributed by atoms with Gasteiger partial charge in [-0.3, -0.25) is 0 Å². The number of halogens is 9. The molecule has 0 radical (unpaired) electrons. The highest BCUT2D eigenvalue weighted by molar-refractivity contribution is 5.80. The topological polar surface area (TPSA) is 242 Å². The Morgan fingerprint density at radius 1 is 0.456 bits per heavy atom. The number of fused-ring (bicyclic) bond motifs is 3. The van der Waals surface area contributed by atoms with Gasteiger partial charge in [0.1, 0.15) is 23.3 Å². The van der Waals surface area contributed by atoms with Crippen molar-refractivity contribution < 1.29 is 39.5 Å². The van der Waals surface area contributed by atoms with Crippen LogP contribution < -0.4 is 32.9 Å². The molecule has 7 rings (SSSR count). The van der Waals surface area contributed by atoms with Crippen LogP contribution in [0.3, 0.4) is 0 Å². The van der Waals surface area contributed by atoms with Crippen LogP contribution in [0.1, 0.15) is 51.6 Å². The smallest absolute Gasteiger partial charge is 0.230 e. The minimum Gasteiger partial charge on any atom is -0.230 e. The predicted octanol–water partition coefficient (Wildman–Crippen LogP) is 1.01. The summed E-state index contributed by atoms with van der Waals surface area (Å²) in [6.07, 6.45) is -16.2. The molecule has 0 N–H and O–H groups in total. The zero-order chi connectivity index (χ0) is 41.4. The van der Waals surface area contributed by atoms with Crippen molar-refractivity contribution in [1.29, 1.82) is 10.5 Å². The Hall–Kier alpha value is -7.89. The first-order valence-electron chi connectivity index (χ1n) is 15.1. The average molecular weight is 793 g/mol. The van der Waals surface area contributed by atoms with Crippen LogP contribution in [0.2, 0.25) is 0 Å². The number of aryl methyl sites for hydroxylation is 3. The van der Waals surface area contributed by atoms with E-state index in [2.05, 4.69) is 79.7 Å². The van der Waals surface area contributed by atoms with E-state index >= 15 is 0 Å². The fourth-order valence-electron chi connectivity index (χ4n) is 4.92. The lowest BCUT2D eigenvalue weighted by Crippen LogP contribution is -2.36. The third-order valence-electron chi connectivity index (χ3n) is 7.53. The van der Waals surface area contributed by atoms with Crippen molar-refractivity contribution in [1.82, 2.24) is 44.9 Å². The van der Waals surface area contributed by atoms with Gasteiger partial charge < -0.3 is 0 Å². The summed E-state index contributed by atoms with van der Waals surface area (Å²) in [5, 5.41) is 20.5. The first kappa shape index (κ1) is 37.4. The number of hydrogen-bond donors (Lipinski definition) is 0. The van der Waals surface area contributed by atoms with Crippen molar-refractivity contribution in [3.63, 3.8) is 0 Å². The second-order valence-corrected chi connectivity index (χ2v) is 11.3. The van der Waals surface area contributed by atoms with Crippen molar-refractivity contribution >= 4 is 16.8 Å². The van der Waals surface area contributed by atoms with Crippen LogP contribution in [0.5, 0.6) is 0 Å². The molecule has 57 heavy (non-hydrogen) atoms. The highest BCUT2D eigenvalue weighted by atomic mass is 19.4. The maximum atomic E-state index is 13.6. The molecular formula is C30H9F9N18. The van der Waals surface area contributed by atoms with Gasteiger partial charge >= 0.3 is 18.5 Å². The van der Waals surface area contributed by atoms with Crippen molar-refractivity contribution in [3.8, 4) is 12.1 Å². The van der Waals surface area contributed by atoms with E-state index in [1.165, 1.54) is 0 Å². The quantitative estimate of drug-likeness (QED) is 0.161.